The van der Waals surface area contributed by atoms with Crippen LogP contribution in [0, 0.1) is 16.7 Å². The Labute approximate surface area is 129 Å². The van der Waals surface area contributed by atoms with E-state index in [1.54, 1.807) is 11.8 Å². The van der Waals surface area contributed by atoms with Crippen LogP contribution in [-0.4, -0.2) is 21.7 Å². The molecule has 0 saturated heterocycles. The van der Waals surface area contributed by atoms with Gasteiger partial charge in [0.05, 0.1) is 6.07 Å². The van der Waals surface area contributed by atoms with Crippen LogP contribution >= 0.6 is 11.8 Å². The lowest BCUT2D eigenvalue weighted by atomic mass is 9.88. The smallest absolute Gasteiger partial charge is 0.188 e. The van der Waals surface area contributed by atoms with Gasteiger partial charge in [-0.1, -0.05) is 25.6 Å². The molecular weight excluding hydrogens is 282 g/mol. The van der Waals surface area contributed by atoms with Crippen LogP contribution in [0.3, 0.4) is 0 Å². The number of anilines is 1. The molecule has 0 aliphatic rings. The second-order valence-electron chi connectivity index (χ2n) is 5.59. The number of rotatable bonds is 7. The first kappa shape index (κ1) is 15.4. The highest BCUT2D eigenvalue weighted by atomic mass is 32.2. The number of nitriles is 1. The van der Waals surface area contributed by atoms with Crippen molar-refractivity contribution in [1.82, 2.24) is 15.2 Å². The molecule has 2 aromatic rings. The minimum absolute atomic E-state index is 0.114. The Kier molecular flexibility index (Phi) is 5.23. The summed E-state index contributed by atoms with van der Waals surface area (Å²) in [6.45, 7) is 5.19. The summed E-state index contributed by atoms with van der Waals surface area (Å²) < 4.78 is 0. The number of hydrogen-bond acceptors (Lipinski definition) is 5. The molecule has 1 aromatic carbocycles. The van der Waals surface area contributed by atoms with Crippen LogP contribution < -0.4 is 5.32 Å². The number of hydrogen-bond donors (Lipinski definition) is 2. The van der Waals surface area contributed by atoms with Crippen LogP contribution in [0.2, 0.25) is 0 Å². The summed E-state index contributed by atoms with van der Waals surface area (Å²) in [6.07, 6.45) is 3.00. The van der Waals surface area contributed by atoms with Gasteiger partial charge in [0, 0.05) is 23.5 Å². The molecule has 0 unspecified atom stereocenters. The summed E-state index contributed by atoms with van der Waals surface area (Å²) in [4.78, 5) is 5.20. The Morgan fingerprint density at radius 1 is 1.33 bits per heavy atom. The van der Waals surface area contributed by atoms with Crippen LogP contribution in [0.15, 0.2) is 40.6 Å². The normalized spacial score (nSPS) is 11.1. The molecular formula is C15H19N5S. The molecule has 0 fully saturated rings. The fourth-order valence-electron chi connectivity index (χ4n) is 1.82. The molecule has 5 nitrogen and oxygen atoms in total. The largest absolute Gasteiger partial charge is 0.385 e. The Morgan fingerprint density at radius 3 is 2.71 bits per heavy atom. The van der Waals surface area contributed by atoms with Crippen LogP contribution in [-0.2, 0) is 0 Å². The zero-order chi connectivity index (χ0) is 15.1. The van der Waals surface area contributed by atoms with E-state index in [9.17, 15) is 0 Å². The van der Waals surface area contributed by atoms with Crippen molar-refractivity contribution in [2.75, 3.05) is 11.9 Å². The maximum absolute atomic E-state index is 8.67. The minimum Gasteiger partial charge on any atom is -0.385 e. The highest BCUT2D eigenvalue weighted by Gasteiger charge is 2.16. The number of aromatic nitrogens is 3. The van der Waals surface area contributed by atoms with Gasteiger partial charge in [-0.2, -0.15) is 10.4 Å². The zero-order valence-corrected chi connectivity index (χ0v) is 13.1. The van der Waals surface area contributed by atoms with E-state index in [0.29, 0.717) is 6.42 Å². The first-order chi connectivity index (χ1) is 10.1. The van der Waals surface area contributed by atoms with Crippen molar-refractivity contribution in [2.45, 2.75) is 36.7 Å². The quantitative estimate of drug-likeness (QED) is 0.815. The summed E-state index contributed by atoms with van der Waals surface area (Å²) in [5, 5.41) is 19.5. The van der Waals surface area contributed by atoms with Gasteiger partial charge in [-0.3, -0.25) is 5.10 Å². The molecule has 0 spiro atoms. The predicted molar refractivity (Wildman–Crippen MR) is 84.1 cm³/mol. The molecule has 0 aliphatic heterocycles. The molecule has 0 aliphatic carbocycles. The van der Waals surface area contributed by atoms with Gasteiger partial charge < -0.3 is 5.32 Å². The van der Waals surface area contributed by atoms with Gasteiger partial charge in [0.2, 0.25) is 0 Å². The first-order valence-corrected chi connectivity index (χ1v) is 7.65. The third kappa shape index (κ3) is 5.12. The van der Waals surface area contributed by atoms with Crippen LogP contribution in [0.5, 0.6) is 0 Å². The Balaban J connectivity index is 1.86. The lowest BCUT2D eigenvalue weighted by Gasteiger charge is -2.24. The first-order valence-electron chi connectivity index (χ1n) is 6.83. The maximum Gasteiger partial charge on any atom is 0.188 e. The molecule has 0 radical (unpaired) electrons. The summed E-state index contributed by atoms with van der Waals surface area (Å²) in [7, 11) is 0. The monoisotopic (exact) mass is 301 g/mol. The minimum atomic E-state index is 0.114. The second kappa shape index (κ2) is 7.14. The number of nitrogens with zero attached hydrogens (tertiary/aromatic N) is 3. The average molecular weight is 301 g/mol. The van der Waals surface area contributed by atoms with E-state index in [4.69, 9.17) is 5.26 Å². The van der Waals surface area contributed by atoms with E-state index in [0.717, 1.165) is 28.7 Å². The van der Waals surface area contributed by atoms with Gasteiger partial charge in [-0.05, 0) is 36.1 Å². The molecule has 0 atom stereocenters. The van der Waals surface area contributed by atoms with Crippen LogP contribution in [0.1, 0.15) is 26.7 Å². The van der Waals surface area contributed by atoms with Crippen molar-refractivity contribution in [2.24, 2.45) is 5.41 Å². The van der Waals surface area contributed by atoms with E-state index in [2.05, 4.69) is 64.7 Å². The van der Waals surface area contributed by atoms with Crippen LogP contribution in [0.25, 0.3) is 0 Å². The molecule has 0 bridgehead atoms. The lowest BCUT2D eigenvalue weighted by molar-refractivity contribution is 0.364. The number of H-pyrrole nitrogens is 1. The molecule has 1 aromatic heterocycles. The molecule has 110 valence electrons. The Hall–Kier alpha value is -2.00. The van der Waals surface area contributed by atoms with Crippen molar-refractivity contribution in [3.05, 3.63) is 30.6 Å². The van der Waals surface area contributed by atoms with Crippen LogP contribution in [0.4, 0.5) is 5.69 Å². The van der Waals surface area contributed by atoms with Gasteiger partial charge >= 0.3 is 0 Å². The van der Waals surface area contributed by atoms with Crippen molar-refractivity contribution in [3.63, 3.8) is 0 Å². The van der Waals surface area contributed by atoms with Crippen molar-refractivity contribution < 1.29 is 0 Å². The maximum atomic E-state index is 8.67. The third-order valence-electron chi connectivity index (χ3n) is 3.15. The summed E-state index contributed by atoms with van der Waals surface area (Å²) in [6, 6.07) is 10.4. The van der Waals surface area contributed by atoms with Gasteiger partial charge in [0.1, 0.15) is 6.33 Å². The fourth-order valence-corrected chi connectivity index (χ4v) is 2.51. The molecule has 21 heavy (non-hydrogen) atoms. The molecule has 1 heterocycles. The summed E-state index contributed by atoms with van der Waals surface area (Å²) >= 11 is 1.54. The fraction of sp³-hybridized carbons (Fsp3) is 0.400. The van der Waals surface area contributed by atoms with Gasteiger partial charge in [-0.15, -0.1) is 0 Å². The van der Waals surface area contributed by atoms with E-state index in [1.165, 1.54) is 6.33 Å². The predicted octanol–water partition coefficient (Wildman–Crippen LogP) is 3.70. The standard InChI is InChI=1S/C15H19N5S/c1-15(2,8-3-9-16)10-17-12-4-6-13(7-5-12)21-14-18-11-19-20-14/h4-7,11,17H,3,8,10H2,1-2H3,(H,18,19,20). The highest BCUT2D eigenvalue weighted by molar-refractivity contribution is 7.99. The van der Waals surface area contributed by atoms with Gasteiger partial charge in [-0.25, -0.2) is 4.98 Å². The highest BCUT2D eigenvalue weighted by Crippen LogP contribution is 2.26. The van der Waals surface area contributed by atoms with E-state index >= 15 is 0 Å². The van der Waals surface area contributed by atoms with Crippen molar-refractivity contribution in [1.29, 1.82) is 5.26 Å². The van der Waals surface area contributed by atoms with E-state index < -0.39 is 0 Å². The third-order valence-corrected chi connectivity index (χ3v) is 4.04. The summed E-state index contributed by atoms with van der Waals surface area (Å²) in [5.41, 5.74) is 1.20. The Bertz CT molecular complexity index is 584. The van der Waals surface area contributed by atoms with Crippen molar-refractivity contribution >= 4 is 17.4 Å². The summed E-state index contributed by atoms with van der Waals surface area (Å²) in [5.74, 6) is 0. The molecule has 0 saturated carbocycles. The van der Waals surface area contributed by atoms with E-state index in [1.807, 2.05) is 0 Å². The van der Waals surface area contributed by atoms with Gasteiger partial charge in [0.15, 0.2) is 5.16 Å². The SMILES string of the molecule is CC(C)(CCC#N)CNc1ccc(Sc2ncn[nH]2)cc1. The second-order valence-corrected chi connectivity index (χ2v) is 6.66. The van der Waals surface area contributed by atoms with E-state index in [-0.39, 0.29) is 5.41 Å². The molecule has 2 N–H and O–H groups in total. The number of nitrogens with one attached hydrogen (secondary N) is 2. The zero-order valence-electron chi connectivity index (χ0n) is 12.3. The Morgan fingerprint density at radius 2 is 2.10 bits per heavy atom. The topological polar surface area (TPSA) is 77.4 Å². The molecule has 0 amide bonds. The number of aromatic amines is 1. The number of benzene rings is 1. The van der Waals surface area contributed by atoms with Crippen molar-refractivity contribution in [3.8, 4) is 6.07 Å². The average Bonchev–Trinajstić information content (AvgIpc) is 2.98. The molecule has 6 heteroatoms. The molecule has 2 rings (SSSR count). The lowest BCUT2D eigenvalue weighted by Crippen LogP contribution is -2.22. The van der Waals surface area contributed by atoms with Gasteiger partial charge in [0.25, 0.3) is 0 Å².